The Morgan fingerprint density at radius 2 is 2.00 bits per heavy atom. The van der Waals surface area contributed by atoms with E-state index >= 15 is 0 Å². The molecule has 4 nitrogen and oxygen atoms in total. The Hall–Kier alpha value is -0.870. The van der Waals surface area contributed by atoms with E-state index in [1.807, 2.05) is 6.20 Å². The minimum Gasteiger partial charge on any atom is -0.314 e. The summed E-state index contributed by atoms with van der Waals surface area (Å²) in [6, 6.07) is 0. The third kappa shape index (κ3) is 2.62. The van der Waals surface area contributed by atoms with Crippen molar-refractivity contribution in [2.24, 2.45) is 0 Å². The predicted octanol–water partition coefficient (Wildman–Crippen LogP) is 1.11. The maximum absolute atomic E-state index is 4.19. The average Bonchev–Trinajstić information content (AvgIpc) is 2.67. The summed E-state index contributed by atoms with van der Waals surface area (Å²) in [5.41, 5.74) is 2.76. The van der Waals surface area contributed by atoms with E-state index in [1.165, 1.54) is 11.3 Å². The van der Waals surface area contributed by atoms with Crippen LogP contribution in [-0.4, -0.2) is 41.3 Å². The summed E-state index contributed by atoms with van der Waals surface area (Å²) >= 11 is 0. The van der Waals surface area contributed by atoms with Crippen LogP contribution >= 0.6 is 0 Å². The molecule has 0 unspecified atom stereocenters. The molecule has 0 atom stereocenters. The first-order chi connectivity index (χ1) is 7.57. The van der Waals surface area contributed by atoms with Crippen molar-refractivity contribution in [2.75, 3.05) is 26.2 Å². The van der Waals surface area contributed by atoms with Crippen LogP contribution in [0.1, 0.15) is 32.0 Å². The summed E-state index contributed by atoms with van der Waals surface area (Å²) in [4.78, 5) is 2.48. The predicted molar refractivity (Wildman–Crippen MR) is 65.4 cm³/mol. The number of hydrogen-bond donors (Lipinski definition) is 2. The first-order valence-electron chi connectivity index (χ1n) is 6.03. The van der Waals surface area contributed by atoms with Crippen LogP contribution in [0.2, 0.25) is 0 Å². The Balaban J connectivity index is 2.06. The number of hydrogen-bond acceptors (Lipinski definition) is 3. The van der Waals surface area contributed by atoms with Gasteiger partial charge in [-0.1, -0.05) is 20.8 Å². The standard InChI is InChI=1S/C12H22N4/c1-12(2,3)11-10(8-14-15-11)9-16-6-4-13-5-7-16/h8,13H,4-7,9H2,1-3H3,(H,14,15). The van der Waals surface area contributed by atoms with Crippen LogP contribution in [0.4, 0.5) is 0 Å². The van der Waals surface area contributed by atoms with Crippen molar-refractivity contribution in [3.63, 3.8) is 0 Å². The summed E-state index contributed by atoms with van der Waals surface area (Å²) in [5.74, 6) is 0. The highest BCUT2D eigenvalue weighted by molar-refractivity contribution is 5.23. The lowest BCUT2D eigenvalue weighted by molar-refractivity contribution is 0.232. The zero-order valence-electron chi connectivity index (χ0n) is 10.5. The van der Waals surface area contributed by atoms with Crippen LogP contribution in [-0.2, 0) is 12.0 Å². The zero-order valence-corrected chi connectivity index (χ0v) is 10.5. The molecule has 0 aliphatic carbocycles. The molecule has 0 spiro atoms. The van der Waals surface area contributed by atoms with Gasteiger partial charge >= 0.3 is 0 Å². The lowest BCUT2D eigenvalue weighted by atomic mass is 9.89. The first-order valence-corrected chi connectivity index (χ1v) is 6.03. The maximum Gasteiger partial charge on any atom is 0.0535 e. The number of piperazine rings is 1. The van der Waals surface area contributed by atoms with Gasteiger partial charge in [0.15, 0.2) is 0 Å². The lowest BCUT2D eigenvalue weighted by Gasteiger charge is -2.28. The molecule has 2 rings (SSSR count). The minimum atomic E-state index is 0.153. The van der Waals surface area contributed by atoms with E-state index in [4.69, 9.17) is 0 Å². The number of nitrogens with one attached hydrogen (secondary N) is 2. The molecular formula is C12H22N4. The zero-order chi connectivity index (χ0) is 11.6. The van der Waals surface area contributed by atoms with Gasteiger partial charge in [-0.25, -0.2) is 0 Å². The molecule has 1 fully saturated rings. The number of rotatable bonds is 2. The van der Waals surface area contributed by atoms with Gasteiger partial charge in [0.2, 0.25) is 0 Å². The smallest absolute Gasteiger partial charge is 0.0535 e. The van der Waals surface area contributed by atoms with E-state index in [0.29, 0.717) is 0 Å². The summed E-state index contributed by atoms with van der Waals surface area (Å²) in [6.45, 7) is 12.2. The average molecular weight is 222 g/mol. The Bertz CT molecular complexity index is 331. The molecule has 1 aliphatic rings. The topological polar surface area (TPSA) is 44.0 Å². The van der Waals surface area contributed by atoms with Crippen LogP contribution in [0.15, 0.2) is 6.20 Å². The molecule has 2 heterocycles. The van der Waals surface area contributed by atoms with Gasteiger partial charge in [-0.3, -0.25) is 10.00 Å². The largest absolute Gasteiger partial charge is 0.314 e. The molecule has 1 aromatic heterocycles. The number of H-pyrrole nitrogens is 1. The highest BCUT2D eigenvalue weighted by atomic mass is 15.2. The van der Waals surface area contributed by atoms with Gasteiger partial charge in [0.05, 0.1) is 6.20 Å². The molecule has 0 amide bonds. The molecule has 1 aromatic rings. The Kier molecular flexibility index (Phi) is 3.30. The molecule has 0 radical (unpaired) electrons. The Morgan fingerprint density at radius 1 is 1.31 bits per heavy atom. The van der Waals surface area contributed by atoms with Gasteiger partial charge < -0.3 is 5.32 Å². The van der Waals surface area contributed by atoms with Crippen LogP contribution in [0.3, 0.4) is 0 Å². The van der Waals surface area contributed by atoms with E-state index in [9.17, 15) is 0 Å². The summed E-state index contributed by atoms with van der Waals surface area (Å²) in [6.07, 6.45) is 1.97. The summed E-state index contributed by atoms with van der Waals surface area (Å²) in [5, 5.41) is 10.7. The van der Waals surface area contributed by atoms with E-state index in [2.05, 4.69) is 41.2 Å². The molecule has 0 saturated carbocycles. The second kappa shape index (κ2) is 4.55. The van der Waals surface area contributed by atoms with Crippen LogP contribution in [0, 0.1) is 0 Å². The molecule has 0 aromatic carbocycles. The number of aromatic nitrogens is 2. The molecule has 2 N–H and O–H groups in total. The second-order valence-electron chi connectivity index (χ2n) is 5.55. The molecule has 16 heavy (non-hydrogen) atoms. The SMILES string of the molecule is CC(C)(C)c1[nH]ncc1CN1CCNCC1. The van der Waals surface area contributed by atoms with Crippen molar-refractivity contribution in [3.8, 4) is 0 Å². The number of nitrogens with zero attached hydrogens (tertiary/aromatic N) is 2. The lowest BCUT2D eigenvalue weighted by Crippen LogP contribution is -2.43. The Morgan fingerprint density at radius 3 is 2.62 bits per heavy atom. The van der Waals surface area contributed by atoms with Gasteiger partial charge in [0.25, 0.3) is 0 Å². The van der Waals surface area contributed by atoms with E-state index in [0.717, 1.165) is 32.7 Å². The van der Waals surface area contributed by atoms with Gasteiger partial charge in [-0.05, 0) is 0 Å². The first kappa shape index (κ1) is 11.6. The highest BCUT2D eigenvalue weighted by Gasteiger charge is 2.21. The fraction of sp³-hybridized carbons (Fsp3) is 0.750. The third-order valence-electron chi connectivity index (χ3n) is 3.07. The minimum absolute atomic E-state index is 0.153. The second-order valence-corrected chi connectivity index (χ2v) is 5.55. The quantitative estimate of drug-likeness (QED) is 0.788. The van der Waals surface area contributed by atoms with E-state index in [-0.39, 0.29) is 5.41 Å². The molecular weight excluding hydrogens is 200 g/mol. The van der Waals surface area contributed by atoms with Crippen molar-refractivity contribution in [3.05, 3.63) is 17.5 Å². The molecule has 1 saturated heterocycles. The monoisotopic (exact) mass is 222 g/mol. The summed E-state index contributed by atoms with van der Waals surface area (Å²) in [7, 11) is 0. The maximum atomic E-state index is 4.19. The molecule has 1 aliphatic heterocycles. The van der Waals surface area contributed by atoms with Crippen molar-refractivity contribution in [1.82, 2.24) is 20.4 Å². The fourth-order valence-corrected chi connectivity index (χ4v) is 2.19. The fourth-order valence-electron chi connectivity index (χ4n) is 2.19. The van der Waals surface area contributed by atoms with Crippen molar-refractivity contribution in [1.29, 1.82) is 0 Å². The van der Waals surface area contributed by atoms with Gasteiger partial charge in [-0.2, -0.15) is 5.10 Å². The normalized spacial score (nSPS) is 18.9. The number of aromatic amines is 1. The molecule has 90 valence electrons. The van der Waals surface area contributed by atoms with E-state index in [1.54, 1.807) is 0 Å². The summed E-state index contributed by atoms with van der Waals surface area (Å²) < 4.78 is 0. The van der Waals surface area contributed by atoms with Crippen molar-refractivity contribution >= 4 is 0 Å². The van der Waals surface area contributed by atoms with Crippen LogP contribution < -0.4 is 5.32 Å². The van der Waals surface area contributed by atoms with Gasteiger partial charge in [0, 0.05) is 49.4 Å². The van der Waals surface area contributed by atoms with Crippen LogP contribution in [0.25, 0.3) is 0 Å². The van der Waals surface area contributed by atoms with E-state index < -0.39 is 0 Å². The molecule has 4 heteroatoms. The van der Waals surface area contributed by atoms with Crippen molar-refractivity contribution < 1.29 is 0 Å². The van der Waals surface area contributed by atoms with Gasteiger partial charge in [0.1, 0.15) is 0 Å². The third-order valence-corrected chi connectivity index (χ3v) is 3.07. The van der Waals surface area contributed by atoms with Crippen molar-refractivity contribution in [2.45, 2.75) is 32.7 Å². The van der Waals surface area contributed by atoms with Crippen LogP contribution in [0.5, 0.6) is 0 Å². The highest BCUT2D eigenvalue weighted by Crippen LogP contribution is 2.24. The molecule has 0 bridgehead atoms. The Labute approximate surface area is 97.4 Å². The van der Waals surface area contributed by atoms with Gasteiger partial charge in [-0.15, -0.1) is 0 Å².